The van der Waals surface area contributed by atoms with Gasteiger partial charge in [-0.25, -0.2) is 0 Å². The Balaban J connectivity index is 1.53. The summed E-state index contributed by atoms with van der Waals surface area (Å²) < 4.78 is 0. The van der Waals surface area contributed by atoms with Crippen LogP contribution in [0.3, 0.4) is 0 Å². The van der Waals surface area contributed by atoms with Gasteiger partial charge in [0.2, 0.25) is 5.91 Å². The quantitative estimate of drug-likeness (QED) is 0.593. The fraction of sp³-hybridized carbons (Fsp3) is 0.941. The van der Waals surface area contributed by atoms with E-state index in [0.717, 1.165) is 58.0 Å². The number of aliphatic hydroxyl groups excluding tert-OH is 1. The van der Waals surface area contributed by atoms with Crippen LogP contribution in [0, 0.1) is 0 Å². The summed E-state index contributed by atoms with van der Waals surface area (Å²) in [5, 5.41) is 22.6. The molecular formula is C17H32N2O3. The number of aliphatic hydroxyl groups is 2. The lowest BCUT2D eigenvalue weighted by molar-refractivity contribution is -0.127. The summed E-state index contributed by atoms with van der Waals surface area (Å²) in [6.45, 7) is 3.04. The largest absolute Gasteiger partial charge is 0.395 e. The molecule has 2 aliphatic rings. The van der Waals surface area contributed by atoms with E-state index in [9.17, 15) is 15.0 Å². The Morgan fingerprint density at radius 3 is 2.68 bits per heavy atom. The second kappa shape index (κ2) is 8.85. The van der Waals surface area contributed by atoms with Gasteiger partial charge in [0.1, 0.15) is 0 Å². The Morgan fingerprint density at radius 1 is 1.18 bits per heavy atom. The van der Waals surface area contributed by atoms with Gasteiger partial charge in [-0.1, -0.05) is 19.3 Å². The minimum Gasteiger partial charge on any atom is -0.395 e. The lowest BCUT2D eigenvalue weighted by atomic mass is 9.82. The molecule has 0 spiro atoms. The SMILES string of the molecule is O=C(CC1(O)CCCCC1)NCCCCN1CCCC1CO. The van der Waals surface area contributed by atoms with Gasteiger partial charge in [0.15, 0.2) is 0 Å². The van der Waals surface area contributed by atoms with Crippen LogP contribution in [0.15, 0.2) is 0 Å². The predicted molar refractivity (Wildman–Crippen MR) is 86.6 cm³/mol. The maximum atomic E-state index is 11.9. The van der Waals surface area contributed by atoms with E-state index in [-0.39, 0.29) is 18.9 Å². The van der Waals surface area contributed by atoms with Crippen molar-refractivity contribution in [2.45, 2.75) is 75.9 Å². The summed E-state index contributed by atoms with van der Waals surface area (Å²) in [6.07, 6.45) is 9.31. The number of nitrogens with zero attached hydrogens (tertiary/aromatic N) is 1. The first-order valence-corrected chi connectivity index (χ1v) is 8.97. The molecule has 1 aliphatic heterocycles. The van der Waals surface area contributed by atoms with E-state index in [1.54, 1.807) is 0 Å². The highest BCUT2D eigenvalue weighted by molar-refractivity contribution is 5.76. The monoisotopic (exact) mass is 312 g/mol. The molecule has 1 amide bonds. The van der Waals surface area contributed by atoms with Crippen molar-refractivity contribution in [1.82, 2.24) is 10.2 Å². The van der Waals surface area contributed by atoms with Crippen LogP contribution in [-0.2, 0) is 4.79 Å². The molecule has 22 heavy (non-hydrogen) atoms. The topological polar surface area (TPSA) is 72.8 Å². The van der Waals surface area contributed by atoms with Crippen molar-refractivity contribution >= 4 is 5.91 Å². The van der Waals surface area contributed by atoms with Crippen molar-refractivity contribution in [3.05, 3.63) is 0 Å². The van der Waals surface area contributed by atoms with Crippen molar-refractivity contribution in [3.63, 3.8) is 0 Å². The Labute approximate surface area is 134 Å². The molecule has 1 aliphatic carbocycles. The number of carbonyl (C=O) groups excluding carboxylic acids is 1. The van der Waals surface area contributed by atoms with E-state index in [4.69, 9.17) is 0 Å². The first-order valence-electron chi connectivity index (χ1n) is 8.97. The first-order chi connectivity index (χ1) is 10.6. The van der Waals surface area contributed by atoms with Crippen LogP contribution in [0.2, 0.25) is 0 Å². The Morgan fingerprint density at radius 2 is 1.95 bits per heavy atom. The van der Waals surface area contributed by atoms with Gasteiger partial charge >= 0.3 is 0 Å². The van der Waals surface area contributed by atoms with Crippen LogP contribution in [0.25, 0.3) is 0 Å². The zero-order valence-electron chi connectivity index (χ0n) is 13.7. The van der Waals surface area contributed by atoms with Crippen molar-refractivity contribution in [2.75, 3.05) is 26.2 Å². The van der Waals surface area contributed by atoms with Crippen molar-refractivity contribution in [3.8, 4) is 0 Å². The molecule has 1 atom stereocenters. The summed E-state index contributed by atoms with van der Waals surface area (Å²) in [7, 11) is 0. The number of carbonyl (C=O) groups is 1. The highest BCUT2D eigenvalue weighted by Gasteiger charge is 2.31. The number of likely N-dealkylation sites (tertiary alicyclic amines) is 1. The summed E-state index contributed by atoms with van der Waals surface area (Å²) in [5.74, 6) is -0.0150. The van der Waals surface area contributed by atoms with Crippen LogP contribution in [0.4, 0.5) is 0 Å². The fourth-order valence-electron chi connectivity index (χ4n) is 3.81. The van der Waals surface area contributed by atoms with Crippen molar-refractivity contribution < 1.29 is 15.0 Å². The van der Waals surface area contributed by atoms with Crippen molar-refractivity contribution in [2.24, 2.45) is 0 Å². The molecule has 2 fully saturated rings. The molecule has 1 saturated carbocycles. The van der Waals surface area contributed by atoms with E-state index < -0.39 is 5.60 Å². The van der Waals surface area contributed by atoms with E-state index in [1.807, 2.05) is 0 Å². The number of amides is 1. The van der Waals surface area contributed by atoms with Crippen LogP contribution < -0.4 is 5.32 Å². The average molecular weight is 312 g/mol. The van der Waals surface area contributed by atoms with Gasteiger partial charge in [0.05, 0.1) is 18.6 Å². The molecule has 0 bridgehead atoms. The van der Waals surface area contributed by atoms with Crippen LogP contribution >= 0.6 is 0 Å². The smallest absolute Gasteiger partial charge is 0.222 e. The molecule has 0 aromatic heterocycles. The predicted octanol–water partition coefficient (Wildman–Crippen LogP) is 1.42. The fourth-order valence-corrected chi connectivity index (χ4v) is 3.81. The zero-order chi connectivity index (χ0) is 15.8. The summed E-state index contributed by atoms with van der Waals surface area (Å²) in [4.78, 5) is 14.3. The van der Waals surface area contributed by atoms with Gasteiger partial charge in [0.25, 0.3) is 0 Å². The van der Waals surface area contributed by atoms with E-state index in [1.165, 1.54) is 12.8 Å². The normalized spacial score (nSPS) is 25.3. The van der Waals surface area contributed by atoms with Gasteiger partial charge in [-0.15, -0.1) is 0 Å². The van der Waals surface area contributed by atoms with Gasteiger partial charge in [0, 0.05) is 12.6 Å². The maximum Gasteiger partial charge on any atom is 0.222 e. The Bertz CT molecular complexity index is 343. The van der Waals surface area contributed by atoms with Gasteiger partial charge in [-0.3, -0.25) is 9.69 Å². The molecule has 2 rings (SSSR count). The first kappa shape index (κ1) is 17.7. The third-order valence-corrected chi connectivity index (χ3v) is 5.18. The Hall–Kier alpha value is -0.650. The molecule has 0 aromatic carbocycles. The molecule has 1 saturated heterocycles. The second-order valence-electron chi connectivity index (χ2n) is 7.03. The molecule has 0 radical (unpaired) electrons. The second-order valence-corrected chi connectivity index (χ2v) is 7.03. The summed E-state index contributed by atoms with van der Waals surface area (Å²) in [5.41, 5.74) is -0.758. The zero-order valence-corrected chi connectivity index (χ0v) is 13.7. The van der Waals surface area contributed by atoms with Crippen LogP contribution in [-0.4, -0.2) is 58.9 Å². The molecule has 3 N–H and O–H groups in total. The van der Waals surface area contributed by atoms with Crippen molar-refractivity contribution in [1.29, 1.82) is 0 Å². The van der Waals surface area contributed by atoms with E-state index >= 15 is 0 Å². The third-order valence-electron chi connectivity index (χ3n) is 5.18. The molecule has 128 valence electrons. The van der Waals surface area contributed by atoms with E-state index in [2.05, 4.69) is 10.2 Å². The number of nitrogens with one attached hydrogen (secondary N) is 1. The number of hydrogen-bond acceptors (Lipinski definition) is 4. The highest BCUT2D eigenvalue weighted by atomic mass is 16.3. The molecule has 5 nitrogen and oxygen atoms in total. The minimum absolute atomic E-state index is 0.0150. The van der Waals surface area contributed by atoms with Gasteiger partial charge in [-0.2, -0.15) is 0 Å². The lowest BCUT2D eigenvalue weighted by Gasteiger charge is -2.31. The average Bonchev–Trinajstić information content (AvgIpc) is 2.94. The van der Waals surface area contributed by atoms with Gasteiger partial charge in [-0.05, 0) is 51.6 Å². The van der Waals surface area contributed by atoms with Crippen LogP contribution in [0.1, 0.15) is 64.2 Å². The number of rotatable bonds is 8. The lowest BCUT2D eigenvalue weighted by Crippen LogP contribution is -2.38. The molecule has 1 heterocycles. The number of hydrogen-bond donors (Lipinski definition) is 3. The highest BCUT2D eigenvalue weighted by Crippen LogP contribution is 2.30. The van der Waals surface area contributed by atoms with E-state index in [0.29, 0.717) is 12.6 Å². The molecule has 1 unspecified atom stereocenters. The minimum atomic E-state index is -0.758. The summed E-state index contributed by atoms with van der Waals surface area (Å²) in [6, 6.07) is 0.343. The van der Waals surface area contributed by atoms with Crippen LogP contribution in [0.5, 0.6) is 0 Å². The number of unbranched alkanes of at least 4 members (excludes halogenated alkanes) is 1. The molecular weight excluding hydrogens is 280 g/mol. The molecule has 5 heteroatoms. The molecule has 0 aromatic rings. The standard InChI is InChI=1S/C17H32N2O3/c20-14-15-7-6-12-19(15)11-5-4-10-18-16(21)13-17(22)8-2-1-3-9-17/h15,20,22H,1-14H2,(H,18,21). The Kier molecular flexibility index (Phi) is 7.12. The maximum absolute atomic E-state index is 11.9. The third kappa shape index (κ3) is 5.52. The summed E-state index contributed by atoms with van der Waals surface area (Å²) >= 11 is 0. The van der Waals surface area contributed by atoms with Gasteiger partial charge < -0.3 is 15.5 Å².